The van der Waals surface area contributed by atoms with Crippen molar-refractivity contribution in [2.24, 2.45) is 0 Å². The predicted octanol–water partition coefficient (Wildman–Crippen LogP) is 1.27. The van der Waals surface area contributed by atoms with Gasteiger partial charge < -0.3 is 15.4 Å². The van der Waals surface area contributed by atoms with Gasteiger partial charge in [-0.3, -0.25) is 9.59 Å². The van der Waals surface area contributed by atoms with Gasteiger partial charge >= 0.3 is 0 Å². The summed E-state index contributed by atoms with van der Waals surface area (Å²) >= 11 is 0. The van der Waals surface area contributed by atoms with E-state index >= 15 is 0 Å². The van der Waals surface area contributed by atoms with Crippen LogP contribution >= 0.6 is 0 Å². The fourth-order valence-corrected chi connectivity index (χ4v) is 1.70. The molecule has 0 fully saturated rings. The van der Waals surface area contributed by atoms with Crippen molar-refractivity contribution >= 4 is 11.8 Å². The van der Waals surface area contributed by atoms with Crippen LogP contribution in [0.2, 0.25) is 0 Å². The molecule has 20 heavy (non-hydrogen) atoms. The summed E-state index contributed by atoms with van der Waals surface area (Å²) in [4.78, 5) is 22.3. The molecule has 0 heterocycles. The number of carbonyl (C=O) groups is 2. The van der Waals surface area contributed by atoms with E-state index < -0.39 is 0 Å². The van der Waals surface area contributed by atoms with Crippen molar-refractivity contribution in [2.45, 2.75) is 26.7 Å². The maximum atomic E-state index is 11.7. The quantitative estimate of drug-likeness (QED) is 0.704. The van der Waals surface area contributed by atoms with E-state index in [9.17, 15) is 9.59 Å². The first-order valence-corrected chi connectivity index (χ1v) is 6.84. The van der Waals surface area contributed by atoms with Crippen LogP contribution in [-0.4, -0.2) is 31.5 Å². The van der Waals surface area contributed by atoms with Crippen molar-refractivity contribution in [3.05, 3.63) is 29.8 Å². The first-order chi connectivity index (χ1) is 9.61. The molecule has 110 valence electrons. The minimum absolute atomic E-state index is 0.0167. The van der Waals surface area contributed by atoms with Gasteiger partial charge in [0.2, 0.25) is 11.8 Å². The first kappa shape index (κ1) is 16.0. The Kier molecular flexibility index (Phi) is 7.17. The Morgan fingerprint density at radius 3 is 2.35 bits per heavy atom. The minimum Gasteiger partial charge on any atom is -0.494 e. The monoisotopic (exact) mass is 278 g/mol. The van der Waals surface area contributed by atoms with E-state index in [0.29, 0.717) is 26.1 Å². The summed E-state index contributed by atoms with van der Waals surface area (Å²) in [5.41, 5.74) is 0.952. The number of ether oxygens (including phenoxy) is 1. The van der Waals surface area contributed by atoms with E-state index in [1.165, 1.54) is 6.92 Å². The lowest BCUT2D eigenvalue weighted by Crippen LogP contribution is -2.29. The van der Waals surface area contributed by atoms with Crippen molar-refractivity contribution in [3.63, 3.8) is 0 Å². The van der Waals surface area contributed by atoms with E-state index in [1.807, 2.05) is 31.2 Å². The summed E-state index contributed by atoms with van der Waals surface area (Å²) < 4.78 is 5.34. The van der Waals surface area contributed by atoms with Crippen LogP contribution in [0.25, 0.3) is 0 Å². The van der Waals surface area contributed by atoms with Crippen molar-refractivity contribution in [1.82, 2.24) is 10.6 Å². The van der Waals surface area contributed by atoms with Gasteiger partial charge in [0.05, 0.1) is 13.0 Å². The Morgan fingerprint density at radius 2 is 1.75 bits per heavy atom. The zero-order valence-electron chi connectivity index (χ0n) is 12.1. The van der Waals surface area contributed by atoms with Crippen LogP contribution in [0.4, 0.5) is 0 Å². The number of benzene rings is 1. The summed E-state index contributed by atoms with van der Waals surface area (Å²) in [5, 5.41) is 5.51. The molecular weight excluding hydrogens is 256 g/mol. The maximum Gasteiger partial charge on any atom is 0.224 e. The minimum atomic E-state index is -0.0503. The summed E-state index contributed by atoms with van der Waals surface area (Å²) in [7, 11) is 0. The number of hydrogen-bond acceptors (Lipinski definition) is 3. The van der Waals surface area contributed by atoms with Crippen molar-refractivity contribution in [2.75, 3.05) is 19.7 Å². The van der Waals surface area contributed by atoms with Gasteiger partial charge in [-0.1, -0.05) is 12.1 Å². The second kappa shape index (κ2) is 8.96. The highest BCUT2D eigenvalue weighted by atomic mass is 16.5. The van der Waals surface area contributed by atoms with Gasteiger partial charge in [0, 0.05) is 20.0 Å². The van der Waals surface area contributed by atoms with E-state index in [4.69, 9.17) is 4.74 Å². The number of hydrogen-bond donors (Lipinski definition) is 2. The van der Waals surface area contributed by atoms with Crippen LogP contribution in [0.1, 0.15) is 25.8 Å². The summed E-state index contributed by atoms with van der Waals surface area (Å²) in [6.45, 7) is 5.19. The molecule has 0 aliphatic carbocycles. The molecule has 0 saturated carbocycles. The Hall–Kier alpha value is -2.04. The molecule has 0 aromatic heterocycles. The topological polar surface area (TPSA) is 67.4 Å². The number of nitrogens with one attached hydrogen (secondary N) is 2. The van der Waals surface area contributed by atoms with Crippen molar-refractivity contribution < 1.29 is 14.3 Å². The molecule has 1 rings (SSSR count). The SMILES string of the molecule is CCOc1ccc(CC(=O)NCCCNC(C)=O)cc1. The average molecular weight is 278 g/mol. The molecule has 2 N–H and O–H groups in total. The third kappa shape index (κ3) is 6.78. The lowest BCUT2D eigenvalue weighted by molar-refractivity contribution is -0.120. The summed E-state index contributed by atoms with van der Waals surface area (Å²) in [6, 6.07) is 7.51. The van der Waals surface area contributed by atoms with Gasteiger partial charge in [-0.15, -0.1) is 0 Å². The molecule has 1 aromatic carbocycles. The molecule has 0 unspecified atom stereocenters. The van der Waals surface area contributed by atoms with Gasteiger partial charge in [0.25, 0.3) is 0 Å². The molecule has 0 radical (unpaired) electrons. The fourth-order valence-electron chi connectivity index (χ4n) is 1.70. The van der Waals surface area contributed by atoms with Crippen molar-refractivity contribution in [3.8, 4) is 5.75 Å². The zero-order valence-corrected chi connectivity index (χ0v) is 12.1. The molecule has 0 aliphatic heterocycles. The van der Waals surface area contributed by atoms with Crippen LogP contribution in [0.15, 0.2) is 24.3 Å². The highest BCUT2D eigenvalue weighted by molar-refractivity contribution is 5.78. The molecule has 0 saturated heterocycles. The summed E-state index contributed by atoms with van der Waals surface area (Å²) in [6.07, 6.45) is 1.08. The normalized spacial score (nSPS) is 9.90. The lowest BCUT2D eigenvalue weighted by Gasteiger charge is -2.07. The Morgan fingerprint density at radius 1 is 1.10 bits per heavy atom. The molecular formula is C15H22N2O3. The largest absolute Gasteiger partial charge is 0.494 e. The maximum absolute atomic E-state index is 11.7. The standard InChI is InChI=1S/C15H22N2O3/c1-3-20-14-7-5-13(6-8-14)11-15(19)17-10-4-9-16-12(2)18/h5-8H,3-4,9-11H2,1-2H3,(H,16,18)(H,17,19). The van der Waals surface area contributed by atoms with Crippen LogP contribution in [0, 0.1) is 0 Å². The van der Waals surface area contributed by atoms with Gasteiger partial charge in [0.1, 0.15) is 5.75 Å². The molecule has 5 nitrogen and oxygen atoms in total. The van der Waals surface area contributed by atoms with E-state index in [2.05, 4.69) is 10.6 Å². The van der Waals surface area contributed by atoms with Gasteiger partial charge in [-0.05, 0) is 31.0 Å². The number of rotatable bonds is 8. The lowest BCUT2D eigenvalue weighted by atomic mass is 10.1. The Bertz CT molecular complexity index is 429. The van der Waals surface area contributed by atoms with Crippen molar-refractivity contribution in [1.29, 1.82) is 0 Å². The zero-order chi connectivity index (χ0) is 14.8. The number of amides is 2. The number of carbonyl (C=O) groups excluding carboxylic acids is 2. The third-order valence-corrected chi connectivity index (χ3v) is 2.65. The highest BCUT2D eigenvalue weighted by Gasteiger charge is 2.03. The van der Waals surface area contributed by atoms with Gasteiger partial charge in [-0.25, -0.2) is 0 Å². The van der Waals surface area contributed by atoms with Gasteiger partial charge in [-0.2, -0.15) is 0 Å². The Labute approximate surface area is 119 Å². The molecule has 2 amide bonds. The van der Waals surface area contributed by atoms with E-state index in [-0.39, 0.29) is 11.8 Å². The first-order valence-electron chi connectivity index (χ1n) is 6.84. The van der Waals surface area contributed by atoms with Crippen LogP contribution in [-0.2, 0) is 16.0 Å². The summed E-state index contributed by atoms with van der Waals surface area (Å²) in [5.74, 6) is 0.745. The third-order valence-electron chi connectivity index (χ3n) is 2.65. The Balaban J connectivity index is 2.22. The van der Waals surface area contributed by atoms with Crippen LogP contribution in [0.5, 0.6) is 5.75 Å². The fraction of sp³-hybridized carbons (Fsp3) is 0.467. The van der Waals surface area contributed by atoms with Crippen LogP contribution in [0.3, 0.4) is 0 Å². The molecule has 0 bridgehead atoms. The van der Waals surface area contributed by atoms with E-state index in [1.54, 1.807) is 0 Å². The highest BCUT2D eigenvalue weighted by Crippen LogP contribution is 2.12. The predicted molar refractivity (Wildman–Crippen MR) is 77.6 cm³/mol. The average Bonchev–Trinajstić information content (AvgIpc) is 2.40. The smallest absolute Gasteiger partial charge is 0.224 e. The molecule has 0 atom stereocenters. The molecule has 0 aliphatic rings. The molecule has 0 spiro atoms. The second-order valence-corrected chi connectivity index (χ2v) is 4.44. The molecule has 1 aromatic rings. The van der Waals surface area contributed by atoms with Crippen LogP contribution < -0.4 is 15.4 Å². The van der Waals surface area contributed by atoms with Gasteiger partial charge in [0.15, 0.2) is 0 Å². The molecule has 5 heteroatoms. The van der Waals surface area contributed by atoms with E-state index in [0.717, 1.165) is 17.7 Å². The second-order valence-electron chi connectivity index (χ2n) is 4.44.